The van der Waals surface area contributed by atoms with Gasteiger partial charge in [-0.15, -0.1) is 11.3 Å². The molecule has 0 atom stereocenters. The number of aryl methyl sites for hydroxylation is 1. The molecule has 1 saturated heterocycles. The maximum Gasteiger partial charge on any atom is 0.325 e. The first-order valence-corrected chi connectivity index (χ1v) is 10.8. The van der Waals surface area contributed by atoms with Crippen molar-refractivity contribution in [2.75, 3.05) is 6.54 Å². The predicted octanol–water partition coefficient (Wildman–Crippen LogP) is 3.90. The number of nitrogens with one attached hydrogen (secondary N) is 1. The van der Waals surface area contributed by atoms with E-state index in [9.17, 15) is 28.3 Å². The summed E-state index contributed by atoms with van der Waals surface area (Å²) in [5.74, 6) is -3.85. The highest BCUT2D eigenvalue weighted by Crippen LogP contribution is 2.41. The summed E-state index contributed by atoms with van der Waals surface area (Å²) in [6.45, 7) is 1.27. The first-order valence-electron chi connectivity index (χ1n) is 10.0. The van der Waals surface area contributed by atoms with Gasteiger partial charge in [0.1, 0.15) is 5.54 Å². The van der Waals surface area contributed by atoms with Gasteiger partial charge in [-0.3, -0.25) is 14.5 Å². The van der Waals surface area contributed by atoms with E-state index < -0.39 is 48.6 Å². The maximum atomic E-state index is 13.5. The molecule has 1 aromatic carbocycles. The lowest BCUT2D eigenvalue weighted by atomic mass is 9.80. The number of ketones is 1. The molecule has 1 aromatic heterocycles. The Morgan fingerprint density at radius 1 is 1.19 bits per heavy atom. The van der Waals surface area contributed by atoms with Gasteiger partial charge in [0.05, 0.1) is 18.0 Å². The van der Waals surface area contributed by atoms with Crippen molar-refractivity contribution < 1.29 is 28.3 Å². The summed E-state index contributed by atoms with van der Waals surface area (Å²) < 4.78 is 27.0. The molecule has 2 aliphatic rings. The van der Waals surface area contributed by atoms with Gasteiger partial charge in [0.15, 0.2) is 5.78 Å². The average Bonchev–Trinajstić information content (AvgIpc) is 3.23. The lowest BCUT2D eigenvalue weighted by Gasteiger charge is -2.34. The van der Waals surface area contributed by atoms with Gasteiger partial charge in [-0.2, -0.15) is 0 Å². The molecule has 2 fully saturated rings. The lowest BCUT2D eigenvalue weighted by molar-refractivity contribution is -0.135. The Hall–Kier alpha value is -2.65. The van der Waals surface area contributed by atoms with Crippen LogP contribution < -0.4 is 5.32 Å². The van der Waals surface area contributed by atoms with Crippen molar-refractivity contribution in [3.05, 3.63) is 46.3 Å². The smallest absolute Gasteiger partial charge is 0.325 e. The second kappa shape index (κ2) is 7.80. The summed E-state index contributed by atoms with van der Waals surface area (Å²) in [7, 11) is 0. The fourth-order valence-corrected chi connectivity index (χ4v) is 5.35. The van der Waals surface area contributed by atoms with Crippen LogP contribution in [0.1, 0.15) is 46.5 Å². The molecule has 1 aliphatic heterocycles. The molecule has 0 radical (unpaired) electrons. The number of hydrogen-bond acceptors (Lipinski definition) is 5. The number of alkyl halides is 2. The zero-order chi connectivity index (χ0) is 22.4. The molecule has 4 rings (SSSR count). The van der Waals surface area contributed by atoms with E-state index >= 15 is 0 Å². The van der Waals surface area contributed by atoms with Crippen molar-refractivity contribution in [1.82, 2.24) is 10.2 Å². The molecule has 31 heavy (non-hydrogen) atoms. The number of carbonyl (C=O) groups is 3. The minimum Gasteiger partial charge on any atom is -0.392 e. The Morgan fingerprint density at radius 3 is 2.55 bits per heavy atom. The topological polar surface area (TPSA) is 86.7 Å². The van der Waals surface area contributed by atoms with Crippen molar-refractivity contribution in [2.24, 2.45) is 0 Å². The number of halogens is 2. The Morgan fingerprint density at radius 2 is 1.87 bits per heavy atom. The number of benzene rings is 1. The van der Waals surface area contributed by atoms with E-state index in [1.807, 2.05) is 25.1 Å². The molecule has 9 heteroatoms. The monoisotopic (exact) mass is 448 g/mol. The van der Waals surface area contributed by atoms with Gasteiger partial charge in [0.2, 0.25) is 5.92 Å². The number of Topliss-reactive ketones (excluding diaryl/α,β-unsaturated/α-hetero) is 1. The Kier molecular flexibility index (Phi) is 5.43. The quantitative estimate of drug-likeness (QED) is 0.537. The number of carbonyl (C=O) groups excluding carboxylic acids is 3. The molecule has 1 aliphatic carbocycles. The molecule has 1 saturated carbocycles. The minimum atomic E-state index is -2.84. The van der Waals surface area contributed by atoms with Gasteiger partial charge in [-0.1, -0.05) is 24.3 Å². The van der Waals surface area contributed by atoms with E-state index in [-0.39, 0.29) is 19.4 Å². The van der Waals surface area contributed by atoms with Gasteiger partial charge >= 0.3 is 6.03 Å². The number of thiophene rings is 1. The molecule has 2 aromatic rings. The van der Waals surface area contributed by atoms with Gasteiger partial charge in [-0.05, 0) is 42.5 Å². The standard InChI is InChI=1S/C22H22F2N2O4S/c1-13-10-17(31-18(13)15-5-3-2-4-14(15)12-27)16(28)11-26-19(29)21(25-20(26)30)6-8-22(23,24)9-7-21/h2-5,10,27H,6-9,11-12H2,1H3,(H,25,30). The minimum absolute atomic E-state index is 0.139. The molecule has 6 nitrogen and oxygen atoms in total. The number of aliphatic hydroxyl groups excluding tert-OH is 1. The van der Waals surface area contributed by atoms with Crippen LogP contribution in [0.3, 0.4) is 0 Å². The summed E-state index contributed by atoms with van der Waals surface area (Å²) >= 11 is 1.23. The van der Waals surface area contributed by atoms with Gasteiger partial charge in [-0.25, -0.2) is 13.6 Å². The summed E-state index contributed by atoms with van der Waals surface area (Å²) in [5, 5.41) is 12.1. The third-order valence-electron chi connectivity index (χ3n) is 6.01. The lowest BCUT2D eigenvalue weighted by Crippen LogP contribution is -2.51. The van der Waals surface area contributed by atoms with Crippen LogP contribution in [0.5, 0.6) is 0 Å². The van der Waals surface area contributed by atoms with Crippen LogP contribution in [0.2, 0.25) is 0 Å². The van der Waals surface area contributed by atoms with Gasteiger partial charge in [0, 0.05) is 17.7 Å². The third kappa shape index (κ3) is 3.87. The van der Waals surface area contributed by atoms with E-state index in [1.54, 1.807) is 12.1 Å². The van der Waals surface area contributed by atoms with E-state index in [4.69, 9.17) is 0 Å². The number of aliphatic hydroxyl groups is 1. The normalized spacial score (nSPS) is 19.7. The van der Waals surface area contributed by atoms with Gasteiger partial charge in [0.25, 0.3) is 5.91 Å². The Bertz CT molecular complexity index is 1060. The van der Waals surface area contributed by atoms with Crippen LogP contribution in [0.4, 0.5) is 13.6 Å². The van der Waals surface area contributed by atoms with E-state index in [0.29, 0.717) is 4.88 Å². The highest BCUT2D eigenvalue weighted by atomic mass is 32.1. The highest BCUT2D eigenvalue weighted by Gasteiger charge is 2.55. The SMILES string of the molecule is Cc1cc(C(=O)CN2C(=O)NC3(CCC(F)(F)CC3)C2=O)sc1-c1ccccc1CO. The van der Waals surface area contributed by atoms with E-state index in [1.165, 1.54) is 11.3 Å². The van der Waals surface area contributed by atoms with Crippen LogP contribution in [-0.4, -0.2) is 45.7 Å². The number of hydrogen-bond donors (Lipinski definition) is 2. The number of imide groups is 1. The van der Waals surface area contributed by atoms with Crippen LogP contribution >= 0.6 is 11.3 Å². The van der Waals surface area contributed by atoms with Crippen molar-refractivity contribution in [2.45, 2.75) is 50.7 Å². The van der Waals surface area contributed by atoms with Crippen molar-refractivity contribution >= 4 is 29.1 Å². The van der Waals surface area contributed by atoms with Crippen molar-refractivity contribution in [1.29, 1.82) is 0 Å². The third-order valence-corrected chi connectivity index (χ3v) is 7.32. The summed E-state index contributed by atoms with van der Waals surface area (Å²) in [5.41, 5.74) is 1.06. The number of amides is 3. The number of urea groups is 1. The molecule has 2 N–H and O–H groups in total. The van der Waals surface area contributed by atoms with Crippen LogP contribution in [0.15, 0.2) is 30.3 Å². The van der Waals surface area contributed by atoms with Gasteiger partial charge < -0.3 is 10.4 Å². The molecule has 0 unspecified atom stereocenters. The van der Waals surface area contributed by atoms with E-state index in [2.05, 4.69) is 5.32 Å². The maximum absolute atomic E-state index is 13.5. The first-order chi connectivity index (χ1) is 14.7. The fraction of sp³-hybridized carbons (Fsp3) is 0.409. The molecular weight excluding hydrogens is 426 g/mol. The molecular formula is C22H22F2N2O4S. The first kappa shape index (κ1) is 21.6. The molecule has 2 heterocycles. The molecule has 3 amide bonds. The zero-order valence-electron chi connectivity index (χ0n) is 16.9. The summed E-state index contributed by atoms with van der Waals surface area (Å²) in [6, 6.07) is 8.30. The fourth-order valence-electron chi connectivity index (χ4n) is 4.19. The molecule has 164 valence electrons. The van der Waals surface area contributed by atoms with Crippen molar-refractivity contribution in [3.63, 3.8) is 0 Å². The van der Waals surface area contributed by atoms with Crippen molar-refractivity contribution in [3.8, 4) is 10.4 Å². The Balaban J connectivity index is 1.53. The highest BCUT2D eigenvalue weighted by molar-refractivity contribution is 7.17. The number of rotatable bonds is 5. The molecule has 0 bridgehead atoms. The largest absolute Gasteiger partial charge is 0.392 e. The van der Waals surface area contributed by atoms with Crippen LogP contribution in [-0.2, 0) is 11.4 Å². The molecule has 1 spiro atoms. The summed E-state index contributed by atoms with van der Waals surface area (Å²) in [6.07, 6.45) is -1.23. The predicted molar refractivity (Wildman–Crippen MR) is 111 cm³/mol. The second-order valence-corrected chi connectivity index (χ2v) is 9.17. The van der Waals surface area contributed by atoms with Crippen LogP contribution in [0, 0.1) is 6.92 Å². The second-order valence-electron chi connectivity index (χ2n) is 8.12. The van der Waals surface area contributed by atoms with Crippen LogP contribution in [0.25, 0.3) is 10.4 Å². The Labute approximate surface area is 181 Å². The summed E-state index contributed by atoms with van der Waals surface area (Å²) in [4.78, 5) is 40.2. The zero-order valence-corrected chi connectivity index (χ0v) is 17.7. The van der Waals surface area contributed by atoms with E-state index in [0.717, 1.165) is 26.5 Å². The average molecular weight is 448 g/mol. The number of nitrogens with zero attached hydrogens (tertiary/aromatic N) is 1.